The summed E-state index contributed by atoms with van der Waals surface area (Å²) in [4.78, 5) is 0. The van der Waals surface area contributed by atoms with Gasteiger partial charge in [0.05, 0.1) is 13.2 Å². The van der Waals surface area contributed by atoms with Crippen LogP contribution in [0.25, 0.3) is 11.1 Å². The Kier molecular flexibility index (Phi) is 6.35. The third-order valence-corrected chi connectivity index (χ3v) is 4.76. The molecule has 0 unspecified atom stereocenters. The molecule has 0 amide bonds. The number of rotatable bonds is 9. The van der Waals surface area contributed by atoms with E-state index >= 15 is 0 Å². The standard InChI is InChI=1S/C26H26N2O2/c1-2-29-26-10-6-7-21(19-26)22-15-16-28(20-22)17-18-30-25-13-11-24(12-14-25)27-23-8-4-3-5-9-23/h3-16,19-20,27H,2,17-18H2,1H3. The van der Waals surface area contributed by atoms with Crippen LogP contribution < -0.4 is 14.8 Å². The van der Waals surface area contributed by atoms with Crippen molar-refractivity contribution in [2.75, 3.05) is 18.5 Å². The molecule has 4 nitrogen and oxygen atoms in total. The van der Waals surface area contributed by atoms with E-state index in [1.165, 1.54) is 5.56 Å². The Labute approximate surface area is 177 Å². The molecule has 0 aliphatic carbocycles. The van der Waals surface area contributed by atoms with Crippen molar-refractivity contribution in [3.8, 4) is 22.6 Å². The highest BCUT2D eigenvalue weighted by molar-refractivity contribution is 5.64. The normalized spacial score (nSPS) is 10.6. The van der Waals surface area contributed by atoms with Gasteiger partial charge in [0.15, 0.2) is 0 Å². The molecule has 30 heavy (non-hydrogen) atoms. The van der Waals surface area contributed by atoms with Crippen LogP contribution in [0.2, 0.25) is 0 Å². The molecule has 4 heteroatoms. The first-order valence-corrected chi connectivity index (χ1v) is 10.2. The largest absolute Gasteiger partial charge is 0.494 e. The molecule has 1 N–H and O–H groups in total. The van der Waals surface area contributed by atoms with Crippen molar-refractivity contribution in [1.29, 1.82) is 0 Å². The number of aromatic nitrogens is 1. The predicted molar refractivity (Wildman–Crippen MR) is 123 cm³/mol. The van der Waals surface area contributed by atoms with Gasteiger partial charge >= 0.3 is 0 Å². The van der Waals surface area contributed by atoms with Crippen LogP contribution in [0.4, 0.5) is 11.4 Å². The molecule has 0 bridgehead atoms. The second kappa shape index (κ2) is 9.70. The van der Waals surface area contributed by atoms with Crippen LogP contribution >= 0.6 is 0 Å². The molecule has 0 aliphatic rings. The van der Waals surface area contributed by atoms with Gasteiger partial charge in [-0.1, -0.05) is 30.3 Å². The first-order chi connectivity index (χ1) is 14.8. The molecule has 3 aromatic carbocycles. The second-order valence-electron chi connectivity index (χ2n) is 6.96. The summed E-state index contributed by atoms with van der Waals surface area (Å²) in [6.45, 7) is 4.06. The smallest absolute Gasteiger partial charge is 0.119 e. The van der Waals surface area contributed by atoms with Crippen molar-refractivity contribution in [3.63, 3.8) is 0 Å². The maximum absolute atomic E-state index is 5.91. The summed E-state index contributed by atoms with van der Waals surface area (Å²) in [6, 6.07) is 28.5. The van der Waals surface area contributed by atoms with Crippen molar-refractivity contribution >= 4 is 11.4 Å². The molecule has 4 aromatic rings. The van der Waals surface area contributed by atoms with Crippen molar-refractivity contribution in [2.45, 2.75) is 13.5 Å². The van der Waals surface area contributed by atoms with E-state index in [0.29, 0.717) is 13.2 Å². The van der Waals surface area contributed by atoms with E-state index in [1.807, 2.05) is 73.7 Å². The lowest BCUT2D eigenvalue weighted by atomic mass is 10.1. The molecule has 0 fully saturated rings. The molecule has 1 aromatic heterocycles. The van der Waals surface area contributed by atoms with E-state index in [2.05, 4.69) is 40.5 Å². The van der Waals surface area contributed by atoms with E-state index < -0.39 is 0 Å². The zero-order chi connectivity index (χ0) is 20.6. The molecule has 152 valence electrons. The molecule has 0 atom stereocenters. The minimum atomic E-state index is 0.610. The average Bonchev–Trinajstić information content (AvgIpc) is 3.25. The number of nitrogens with zero attached hydrogens (tertiary/aromatic N) is 1. The highest BCUT2D eigenvalue weighted by atomic mass is 16.5. The van der Waals surface area contributed by atoms with Gasteiger partial charge in [-0.05, 0) is 72.6 Å². The van der Waals surface area contributed by atoms with Gasteiger partial charge in [0.2, 0.25) is 0 Å². The maximum atomic E-state index is 5.91. The summed E-state index contributed by atoms with van der Waals surface area (Å²) in [5.74, 6) is 1.77. The van der Waals surface area contributed by atoms with Crippen LogP contribution in [0.5, 0.6) is 11.5 Å². The minimum Gasteiger partial charge on any atom is -0.494 e. The lowest BCUT2D eigenvalue weighted by Gasteiger charge is -2.09. The SMILES string of the molecule is CCOc1cccc(-c2ccn(CCOc3ccc(Nc4ccccc4)cc3)c2)c1. The second-order valence-corrected chi connectivity index (χ2v) is 6.96. The Bertz CT molecular complexity index is 1060. The lowest BCUT2D eigenvalue weighted by Crippen LogP contribution is -2.06. The van der Waals surface area contributed by atoms with Gasteiger partial charge in [0.1, 0.15) is 18.1 Å². The predicted octanol–water partition coefficient (Wildman–Crippen LogP) is 6.38. The number of ether oxygens (including phenoxy) is 2. The third-order valence-electron chi connectivity index (χ3n) is 4.76. The zero-order valence-electron chi connectivity index (χ0n) is 17.1. The van der Waals surface area contributed by atoms with Crippen molar-refractivity contribution in [2.24, 2.45) is 0 Å². The molecule has 1 heterocycles. The Hall–Kier alpha value is -3.66. The molecule has 0 aliphatic heterocycles. The topological polar surface area (TPSA) is 35.4 Å². The summed E-state index contributed by atoms with van der Waals surface area (Å²) in [5, 5.41) is 3.37. The van der Waals surface area contributed by atoms with Crippen LogP contribution in [0.15, 0.2) is 97.3 Å². The van der Waals surface area contributed by atoms with Gasteiger partial charge in [-0.15, -0.1) is 0 Å². The number of anilines is 2. The Morgan fingerprint density at radius 3 is 2.33 bits per heavy atom. The van der Waals surface area contributed by atoms with Crippen LogP contribution in [0, 0.1) is 0 Å². The number of hydrogen-bond donors (Lipinski definition) is 1. The molecular formula is C26H26N2O2. The fourth-order valence-electron chi connectivity index (χ4n) is 3.27. The first kappa shape index (κ1) is 19.6. The van der Waals surface area contributed by atoms with Crippen LogP contribution in [-0.2, 0) is 6.54 Å². The highest BCUT2D eigenvalue weighted by Gasteiger charge is 2.03. The summed E-state index contributed by atoms with van der Waals surface area (Å²) in [6.07, 6.45) is 4.22. The number of nitrogens with one attached hydrogen (secondary N) is 1. The molecule has 0 radical (unpaired) electrons. The summed E-state index contributed by atoms with van der Waals surface area (Å²) in [5.41, 5.74) is 4.44. The summed E-state index contributed by atoms with van der Waals surface area (Å²) < 4.78 is 13.7. The van der Waals surface area contributed by atoms with E-state index in [4.69, 9.17) is 9.47 Å². The van der Waals surface area contributed by atoms with Gasteiger partial charge in [-0.3, -0.25) is 0 Å². The lowest BCUT2D eigenvalue weighted by molar-refractivity contribution is 0.298. The minimum absolute atomic E-state index is 0.610. The Balaban J connectivity index is 1.29. The van der Waals surface area contributed by atoms with Gasteiger partial charge in [-0.2, -0.15) is 0 Å². The highest BCUT2D eigenvalue weighted by Crippen LogP contribution is 2.24. The van der Waals surface area contributed by atoms with Gasteiger partial charge < -0.3 is 19.4 Å². The number of hydrogen-bond acceptors (Lipinski definition) is 3. The van der Waals surface area contributed by atoms with E-state index in [0.717, 1.165) is 35.0 Å². The fourth-order valence-corrected chi connectivity index (χ4v) is 3.27. The van der Waals surface area contributed by atoms with Crippen LogP contribution in [-0.4, -0.2) is 17.8 Å². The van der Waals surface area contributed by atoms with Crippen LogP contribution in [0.3, 0.4) is 0 Å². The molecule has 0 saturated heterocycles. The van der Waals surface area contributed by atoms with Crippen molar-refractivity contribution in [1.82, 2.24) is 4.57 Å². The third kappa shape index (κ3) is 5.23. The molecule has 4 rings (SSSR count). The number of benzene rings is 3. The quantitative estimate of drug-likeness (QED) is 0.355. The Morgan fingerprint density at radius 2 is 1.53 bits per heavy atom. The summed E-state index contributed by atoms with van der Waals surface area (Å²) >= 11 is 0. The van der Waals surface area contributed by atoms with Gasteiger partial charge in [-0.25, -0.2) is 0 Å². The van der Waals surface area contributed by atoms with E-state index in [1.54, 1.807) is 0 Å². The van der Waals surface area contributed by atoms with Crippen LogP contribution in [0.1, 0.15) is 6.92 Å². The molecule has 0 saturated carbocycles. The maximum Gasteiger partial charge on any atom is 0.119 e. The van der Waals surface area contributed by atoms with Crippen molar-refractivity contribution in [3.05, 3.63) is 97.3 Å². The first-order valence-electron chi connectivity index (χ1n) is 10.2. The van der Waals surface area contributed by atoms with E-state index in [-0.39, 0.29) is 0 Å². The zero-order valence-corrected chi connectivity index (χ0v) is 17.1. The van der Waals surface area contributed by atoms with E-state index in [9.17, 15) is 0 Å². The fraction of sp³-hybridized carbons (Fsp3) is 0.154. The molecule has 0 spiro atoms. The van der Waals surface area contributed by atoms with Gasteiger partial charge in [0.25, 0.3) is 0 Å². The average molecular weight is 399 g/mol. The number of para-hydroxylation sites is 1. The Morgan fingerprint density at radius 1 is 0.733 bits per heavy atom. The monoisotopic (exact) mass is 398 g/mol. The summed E-state index contributed by atoms with van der Waals surface area (Å²) in [7, 11) is 0. The van der Waals surface area contributed by atoms with Crippen molar-refractivity contribution < 1.29 is 9.47 Å². The van der Waals surface area contributed by atoms with Gasteiger partial charge in [0, 0.05) is 23.8 Å². The molecular weight excluding hydrogens is 372 g/mol.